The number of fused-ring (bicyclic) bond motifs is 1. The summed E-state index contributed by atoms with van der Waals surface area (Å²) < 4.78 is 4.07. The van der Waals surface area contributed by atoms with Gasteiger partial charge in [0.15, 0.2) is 11.2 Å². The average molecular weight is 371 g/mol. The number of aromatic nitrogens is 4. The highest BCUT2D eigenvalue weighted by Crippen LogP contribution is 2.21. The lowest BCUT2D eigenvalue weighted by molar-refractivity contribution is 0.158. The minimum Gasteiger partial charge on any atom is -0.387 e. The van der Waals surface area contributed by atoms with E-state index in [2.05, 4.69) is 24.1 Å². The highest BCUT2D eigenvalue weighted by Gasteiger charge is 2.21. The van der Waals surface area contributed by atoms with E-state index in [4.69, 9.17) is 0 Å². The number of hydrogen-bond acceptors (Lipinski definition) is 5. The molecule has 0 aliphatic heterocycles. The molecule has 3 aromatic rings. The first-order valence-electron chi connectivity index (χ1n) is 8.94. The minimum atomic E-state index is -0.815. The second-order valence-electron chi connectivity index (χ2n) is 7.13. The number of hydrogen-bond donors (Lipinski definition) is 2. The fourth-order valence-corrected chi connectivity index (χ4v) is 3.01. The molecule has 0 amide bonds. The van der Waals surface area contributed by atoms with Gasteiger partial charge in [0.2, 0.25) is 5.95 Å². The zero-order chi connectivity index (χ0) is 19.7. The zero-order valence-electron chi connectivity index (χ0n) is 16.0. The fourth-order valence-electron chi connectivity index (χ4n) is 3.01. The Morgan fingerprint density at radius 1 is 1.11 bits per heavy atom. The number of aliphatic hydroxyl groups excluding tert-OH is 1. The molecule has 0 saturated heterocycles. The van der Waals surface area contributed by atoms with E-state index in [-0.39, 0.29) is 6.54 Å². The van der Waals surface area contributed by atoms with Crippen LogP contribution in [0.4, 0.5) is 5.95 Å². The number of nitrogens with zero attached hydrogens (tertiary/aromatic N) is 4. The number of aryl methyl sites for hydroxylation is 1. The Balaban J connectivity index is 2.16. The largest absolute Gasteiger partial charge is 0.387 e. The van der Waals surface area contributed by atoms with E-state index >= 15 is 0 Å². The molecule has 0 aliphatic rings. The molecule has 0 saturated carbocycles. The lowest BCUT2D eigenvalue weighted by Crippen LogP contribution is -2.37. The molecule has 3 rings (SSSR count). The van der Waals surface area contributed by atoms with Crippen LogP contribution in [0.1, 0.15) is 25.5 Å². The van der Waals surface area contributed by atoms with Crippen molar-refractivity contribution < 1.29 is 5.11 Å². The van der Waals surface area contributed by atoms with E-state index in [0.717, 1.165) is 10.1 Å². The second-order valence-corrected chi connectivity index (χ2v) is 7.13. The second kappa shape index (κ2) is 7.40. The summed E-state index contributed by atoms with van der Waals surface area (Å²) in [4.78, 5) is 29.5. The minimum absolute atomic E-state index is 0.147. The van der Waals surface area contributed by atoms with E-state index in [1.54, 1.807) is 11.6 Å². The van der Waals surface area contributed by atoms with Crippen LogP contribution >= 0.6 is 0 Å². The van der Waals surface area contributed by atoms with Crippen molar-refractivity contribution in [3.8, 4) is 0 Å². The van der Waals surface area contributed by atoms with Crippen molar-refractivity contribution in [1.29, 1.82) is 0 Å². The molecule has 1 aromatic carbocycles. The van der Waals surface area contributed by atoms with Gasteiger partial charge in [0.1, 0.15) is 0 Å². The lowest BCUT2D eigenvalue weighted by atomic mass is 10.1. The molecule has 0 spiro atoms. The van der Waals surface area contributed by atoms with Crippen LogP contribution in [0.25, 0.3) is 11.2 Å². The number of imidazole rings is 1. The van der Waals surface area contributed by atoms with E-state index in [0.29, 0.717) is 29.6 Å². The van der Waals surface area contributed by atoms with Crippen molar-refractivity contribution in [3.05, 3.63) is 56.7 Å². The van der Waals surface area contributed by atoms with Crippen LogP contribution in [0, 0.1) is 5.92 Å². The van der Waals surface area contributed by atoms with Crippen LogP contribution in [0.15, 0.2) is 39.9 Å². The van der Waals surface area contributed by atoms with Gasteiger partial charge >= 0.3 is 5.69 Å². The van der Waals surface area contributed by atoms with Crippen molar-refractivity contribution in [2.45, 2.75) is 26.5 Å². The summed E-state index contributed by atoms with van der Waals surface area (Å²) in [6, 6.07) is 9.25. The SMILES string of the molecule is CC(C)CNc1nc2c(c(=O)n(C)c(=O)n2C)n1CC(O)c1ccccc1. The van der Waals surface area contributed by atoms with Gasteiger partial charge in [-0.1, -0.05) is 44.2 Å². The maximum atomic E-state index is 12.8. The first kappa shape index (κ1) is 18.9. The summed E-state index contributed by atoms with van der Waals surface area (Å²) in [7, 11) is 3.03. The van der Waals surface area contributed by atoms with Crippen LogP contribution in [-0.4, -0.2) is 30.3 Å². The molecule has 0 fully saturated rings. The molecule has 0 aliphatic carbocycles. The summed E-state index contributed by atoms with van der Waals surface area (Å²) in [5, 5.41) is 13.9. The standard InChI is InChI=1S/C19H25N5O3/c1-12(2)10-20-18-21-16-15(17(26)23(4)19(27)22(16)3)24(18)11-14(25)13-8-6-5-7-9-13/h5-9,12,14,25H,10-11H2,1-4H3,(H,20,21). The van der Waals surface area contributed by atoms with Crippen molar-refractivity contribution >= 4 is 17.1 Å². The molecule has 144 valence electrons. The van der Waals surface area contributed by atoms with Gasteiger partial charge in [-0.15, -0.1) is 0 Å². The average Bonchev–Trinajstić information content (AvgIpc) is 3.02. The van der Waals surface area contributed by atoms with Crippen LogP contribution in [0.3, 0.4) is 0 Å². The van der Waals surface area contributed by atoms with E-state index < -0.39 is 17.4 Å². The number of rotatable bonds is 6. The quantitative estimate of drug-likeness (QED) is 0.680. The van der Waals surface area contributed by atoms with Crippen molar-refractivity contribution in [1.82, 2.24) is 18.7 Å². The Labute approximate surface area is 156 Å². The maximum absolute atomic E-state index is 12.8. The summed E-state index contributed by atoms with van der Waals surface area (Å²) in [5.74, 6) is 0.830. The molecule has 2 heterocycles. The highest BCUT2D eigenvalue weighted by molar-refractivity contribution is 5.74. The van der Waals surface area contributed by atoms with E-state index in [1.807, 2.05) is 30.3 Å². The van der Waals surface area contributed by atoms with Gasteiger partial charge in [0.25, 0.3) is 5.56 Å². The molecule has 1 atom stereocenters. The summed E-state index contributed by atoms with van der Waals surface area (Å²) in [6.45, 7) is 4.93. The molecule has 2 aromatic heterocycles. The van der Waals surface area contributed by atoms with Crippen molar-refractivity contribution in [2.24, 2.45) is 20.0 Å². The van der Waals surface area contributed by atoms with Crippen LogP contribution in [0.2, 0.25) is 0 Å². The van der Waals surface area contributed by atoms with Gasteiger partial charge < -0.3 is 15.0 Å². The third kappa shape index (κ3) is 3.52. The summed E-state index contributed by atoms with van der Waals surface area (Å²) >= 11 is 0. The van der Waals surface area contributed by atoms with E-state index in [9.17, 15) is 14.7 Å². The normalized spacial score (nSPS) is 12.7. The molecular weight excluding hydrogens is 346 g/mol. The molecule has 8 nitrogen and oxygen atoms in total. The maximum Gasteiger partial charge on any atom is 0.332 e. The molecule has 8 heteroatoms. The van der Waals surface area contributed by atoms with Crippen LogP contribution in [0.5, 0.6) is 0 Å². The first-order valence-corrected chi connectivity index (χ1v) is 8.94. The van der Waals surface area contributed by atoms with Gasteiger partial charge in [0, 0.05) is 20.6 Å². The third-order valence-electron chi connectivity index (χ3n) is 4.56. The first-order chi connectivity index (χ1) is 12.8. The predicted octanol–water partition coefficient (Wildman–Crippen LogP) is 1.24. The van der Waals surface area contributed by atoms with Gasteiger partial charge in [-0.2, -0.15) is 4.98 Å². The summed E-state index contributed by atoms with van der Waals surface area (Å²) in [5.41, 5.74) is 0.473. The topological polar surface area (TPSA) is 94.1 Å². The Morgan fingerprint density at radius 3 is 2.41 bits per heavy atom. The molecule has 0 radical (unpaired) electrons. The Hall–Kier alpha value is -2.87. The Kier molecular flexibility index (Phi) is 5.18. The smallest absolute Gasteiger partial charge is 0.332 e. The molecule has 27 heavy (non-hydrogen) atoms. The van der Waals surface area contributed by atoms with Gasteiger partial charge in [0.05, 0.1) is 12.6 Å². The van der Waals surface area contributed by atoms with Gasteiger partial charge in [-0.3, -0.25) is 13.9 Å². The third-order valence-corrected chi connectivity index (χ3v) is 4.56. The zero-order valence-corrected chi connectivity index (χ0v) is 16.0. The Bertz CT molecular complexity index is 1060. The molecule has 2 N–H and O–H groups in total. The van der Waals surface area contributed by atoms with Gasteiger partial charge in [-0.05, 0) is 11.5 Å². The monoisotopic (exact) mass is 371 g/mol. The number of anilines is 1. The highest BCUT2D eigenvalue weighted by atomic mass is 16.3. The van der Waals surface area contributed by atoms with Crippen LogP contribution < -0.4 is 16.6 Å². The Morgan fingerprint density at radius 2 is 1.78 bits per heavy atom. The van der Waals surface area contributed by atoms with Crippen LogP contribution in [-0.2, 0) is 20.6 Å². The van der Waals surface area contributed by atoms with E-state index in [1.165, 1.54) is 11.6 Å². The molecule has 1 unspecified atom stereocenters. The number of nitrogens with one attached hydrogen (secondary N) is 1. The number of benzene rings is 1. The molecule has 0 bridgehead atoms. The lowest BCUT2D eigenvalue weighted by Gasteiger charge is -2.16. The molecular formula is C19H25N5O3. The predicted molar refractivity (Wildman–Crippen MR) is 105 cm³/mol. The van der Waals surface area contributed by atoms with Gasteiger partial charge in [-0.25, -0.2) is 4.79 Å². The van der Waals surface area contributed by atoms with Crippen molar-refractivity contribution in [2.75, 3.05) is 11.9 Å². The number of aliphatic hydroxyl groups is 1. The van der Waals surface area contributed by atoms with Crippen molar-refractivity contribution in [3.63, 3.8) is 0 Å². The summed E-state index contributed by atoms with van der Waals surface area (Å²) in [6.07, 6.45) is -0.815. The fraction of sp³-hybridized carbons (Fsp3) is 0.421.